The van der Waals surface area contributed by atoms with Crippen LogP contribution in [0.1, 0.15) is 5.56 Å². The first-order valence-electron chi connectivity index (χ1n) is 4.41. The zero-order valence-electron chi connectivity index (χ0n) is 8.43. The van der Waals surface area contributed by atoms with E-state index in [9.17, 15) is 19.7 Å². The SMILES string of the molecule is Cc1c(Cl)cc2c(c1[N+](=O)[O-])=NC(=O)C(=O)N=2. The molecule has 0 saturated carbocycles. The van der Waals surface area contributed by atoms with Crippen LogP contribution < -0.4 is 10.7 Å². The molecule has 0 atom stereocenters. The molecule has 0 saturated heterocycles. The second-order valence-electron chi connectivity index (χ2n) is 3.29. The van der Waals surface area contributed by atoms with E-state index in [1.807, 2.05) is 0 Å². The molecule has 0 unspecified atom stereocenters. The second kappa shape index (κ2) is 3.70. The first-order valence-corrected chi connectivity index (χ1v) is 4.79. The Kier molecular flexibility index (Phi) is 2.47. The molecule has 0 radical (unpaired) electrons. The van der Waals surface area contributed by atoms with E-state index in [1.54, 1.807) is 0 Å². The quantitative estimate of drug-likeness (QED) is 0.395. The Morgan fingerprint density at radius 2 is 1.88 bits per heavy atom. The van der Waals surface area contributed by atoms with Crippen molar-refractivity contribution in [1.29, 1.82) is 0 Å². The van der Waals surface area contributed by atoms with Gasteiger partial charge in [-0.3, -0.25) is 19.7 Å². The lowest BCUT2D eigenvalue weighted by Crippen LogP contribution is -2.36. The van der Waals surface area contributed by atoms with Crippen molar-refractivity contribution in [2.45, 2.75) is 6.92 Å². The van der Waals surface area contributed by atoms with Gasteiger partial charge in [-0.2, -0.15) is 4.99 Å². The average Bonchev–Trinajstić information content (AvgIpc) is 2.23. The van der Waals surface area contributed by atoms with Crippen LogP contribution in [0.15, 0.2) is 16.1 Å². The summed E-state index contributed by atoms with van der Waals surface area (Å²) in [6.45, 7) is 1.43. The highest BCUT2D eigenvalue weighted by molar-refractivity contribution is 6.36. The number of nitro benzene ring substituents is 1. The van der Waals surface area contributed by atoms with E-state index in [0.29, 0.717) is 0 Å². The summed E-state index contributed by atoms with van der Waals surface area (Å²) in [5, 5.41) is 10.7. The third kappa shape index (κ3) is 1.70. The number of hydrogen-bond acceptors (Lipinski definition) is 4. The number of fused-ring (bicyclic) bond motifs is 1. The molecule has 1 heterocycles. The predicted molar refractivity (Wildman–Crippen MR) is 55.2 cm³/mol. The summed E-state index contributed by atoms with van der Waals surface area (Å²) in [7, 11) is 0. The second-order valence-corrected chi connectivity index (χ2v) is 3.70. The number of nitro groups is 1. The van der Waals surface area contributed by atoms with Crippen LogP contribution >= 0.6 is 11.6 Å². The van der Waals surface area contributed by atoms with Crippen LogP contribution in [0.25, 0.3) is 0 Å². The summed E-state index contributed by atoms with van der Waals surface area (Å²) in [5.74, 6) is -2.19. The van der Waals surface area contributed by atoms with Gasteiger partial charge < -0.3 is 0 Å². The summed E-state index contributed by atoms with van der Waals surface area (Å²) in [5.41, 5.74) is -0.228. The zero-order chi connectivity index (χ0) is 12.7. The topological polar surface area (TPSA) is 102 Å². The van der Waals surface area contributed by atoms with Gasteiger partial charge in [0.15, 0.2) is 5.36 Å². The minimum Gasteiger partial charge on any atom is -0.261 e. The first-order chi connectivity index (χ1) is 7.91. The molecule has 2 amide bonds. The van der Waals surface area contributed by atoms with Gasteiger partial charge in [-0.15, -0.1) is 0 Å². The molecule has 8 heteroatoms. The molecular formula is C9H4ClN3O4. The number of hydrogen-bond donors (Lipinski definition) is 0. The Morgan fingerprint density at radius 1 is 1.29 bits per heavy atom. The van der Waals surface area contributed by atoms with Crippen molar-refractivity contribution in [2.24, 2.45) is 9.98 Å². The van der Waals surface area contributed by atoms with Crippen LogP contribution in [0.5, 0.6) is 0 Å². The van der Waals surface area contributed by atoms with E-state index in [4.69, 9.17) is 11.6 Å². The van der Waals surface area contributed by atoms with Crippen molar-refractivity contribution in [3.05, 3.63) is 37.5 Å². The summed E-state index contributed by atoms with van der Waals surface area (Å²) in [6, 6.07) is 1.27. The third-order valence-corrected chi connectivity index (χ3v) is 2.64. The van der Waals surface area contributed by atoms with E-state index < -0.39 is 22.4 Å². The van der Waals surface area contributed by atoms with E-state index in [2.05, 4.69) is 9.98 Å². The average molecular weight is 254 g/mol. The molecule has 1 aliphatic heterocycles. The van der Waals surface area contributed by atoms with Crippen LogP contribution in [0.2, 0.25) is 5.02 Å². The fourth-order valence-corrected chi connectivity index (χ4v) is 1.63. The zero-order valence-corrected chi connectivity index (χ0v) is 9.19. The molecule has 1 aliphatic rings. The normalized spacial score (nSPS) is 13.8. The van der Waals surface area contributed by atoms with Gasteiger partial charge in [0.2, 0.25) is 0 Å². The van der Waals surface area contributed by atoms with E-state index >= 15 is 0 Å². The van der Waals surface area contributed by atoms with Crippen molar-refractivity contribution < 1.29 is 14.5 Å². The summed E-state index contributed by atoms with van der Waals surface area (Å²) >= 11 is 5.78. The summed E-state index contributed by atoms with van der Waals surface area (Å²) in [4.78, 5) is 39.0. The highest BCUT2D eigenvalue weighted by Crippen LogP contribution is 2.19. The number of rotatable bonds is 1. The molecule has 0 aliphatic carbocycles. The number of carbonyl (C=O) groups is 2. The highest BCUT2D eigenvalue weighted by Gasteiger charge is 2.24. The summed E-state index contributed by atoms with van der Waals surface area (Å²) < 4.78 is 0. The van der Waals surface area contributed by atoms with E-state index in [-0.39, 0.29) is 21.3 Å². The minimum absolute atomic E-state index is 0.0584. The Hall–Kier alpha value is -2.15. The Bertz CT molecular complexity index is 695. The predicted octanol–water partition coefficient (Wildman–Crippen LogP) is -0.137. The maximum Gasteiger partial charge on any atom is 0.338 e. The van der Waals surface area contributed by atoms with Crippen LogP contribution in [0.4, 0.5) is 5.69 Å². The maximum atomic E-state index is 11.1. The van der Waals surface area contributed by atoms with Crippen molar-refractivity contribution in [1.82, 2.24) is 0 Å². The van der Waals surface area contributed by atoms with Gasteiger partial charge in [0, 0.05) is 5.56 Å². The minimum atomic E-state index is -1.12. The van der Waals surface area contributed by atoms with Gasteiger partial charge in [-0.25, -0.2) is 4.99 Å². The van der Waals surface area contributed by atoms with Crippen molar-refractivity contribution in [3.8, 4) is 0 Å². The van der Waals surface area contributed by atoms with Crippen LogP contribution in [-0.4, -0.2) is 16.7 Å². The Morgan fingerprint density at radius 3 is 2.47 bits per heavy atom. The number of nitrogens with zero attached hydrogens (tertiary/aromatic N) is 3. The number of halogens is 1. The smallest absolute Gasteiger partial charge is 0.261 e. The van der Waals surface area contributed by atoms with Gasteiger partial charge in [0.1, 0.15) is 5.36 Å². The van der Waals surface area contributed by atoms with Crippen molar-refractivity contribution in [3.63, 3.8) is 0 Å². The molecule has 17 heavy (non-hydrogen) atoms. The molecule has 0 spiro atoms. The lowest BCUT2D eigenvalue weighted by atomic mass is 10.1. The van der Waals surface area contributed by atoms with Gasteiger partial charge in [0.05, 0.1) is 9.95 Å². The number of amides is 2. The fraction of sp³-hybridized carbons (Fsp3) is 0.111. The fourth-order valence-electron chi connectivity index (χ4n) is 1.43. The third-order valence-electron chi connectivity index (χ3n) is 2.24. The van der Waals surface area contributed by atoms with E-state index in [0.717, 1.165) is 0 Å². The monoisotopic (exact) mass is 253 g/mol. The molecule has 0 bridgehead atoms. The Balaban J connectivity index is 3.02. The molecule has 1 aromatic carbocycles. The molecule has 1 aromatic rings. The molecule has 2 rings (SSSR count). The highest BCUT2D eigenvalue weighted by atomic mass is 35.5. The Labute approximate surface area is 98.6 Å². The van der Waals surface area contributed by atoms with Gasteiger partial charge in [-0.1, -0.05) is 11.6 Å². The van der Waals surface area contributed by atoms with Gasteiger partial charge in [0.25, 0.3) is 0 Å². The standard InChI is InChI=1S/C9H4ClN3O4/c1-3-4(10)2-5-6(7(3)13(16)17)12-9(15)8(14)11-5/h2H,1H3. The van der Waals surface area contributed by atoms with Crippen molar-refractivity contribution in [2.75, 3.05) is 0 Å². The van der Waals surface area contributed by atoms with Crippen molar-refractivity contribution >= 4 is 29.1 Å². The van der Waals surface area contributed by atoms with Crippen LogP contribution in [-0.2, 0) is 9.59 Å². The largest absolute Gasteiger partial charge is 0.338 e. The van der Waals surface area contributed by atoms with Crippen LogP contribution in [0.3, 0.4) is 0 Å². The van der Waals surface area contributed by atoms with Gasteiger partial charge >= 0.3 is 17.5 Å². The maximum absolute atomic E-state index is 11.1. The first kappa shape index (κ1) is 11.3. The molecule has 7 nitrogen and oxygen atoms in total. The van der Waals surface area contributed by atoms with E-state index in [1.165, 1.54) is 13.0 Å². The molecule has 0 N–H and O–H groups in total. The lowest BCUT2D eigenvalue weighted by Gasteiger charge is -2.03. The van der Waals surface area contributed by atoms with Crippen LogP contribution in [0, 0.1) is 17.0 Å². The lowest BCUT2D eigenvalue weighted by molar-refractivity contribution is -0.386. The van der Waals surface area contributed by atoms with Gasteiger partial charge in [-0.05, 0) is 13.0 Å². The molecule has 0 aromatic heterocycles. The summed E-state index contributed by atoms with van der Waals surface area (Å²) in [6.07, 6.45) is 0. The molecule has 86 valence electrons. The number of carbonyl (C=O) groups excluding carboxylic acids is 2. The molecule has 0 fully saturated rings. The molecular weight excluding hydrogens is 250 g/mol. The number of benzene rings is 1.